The summed E-state index contributed by atoms with van der Waals surface area (Å²) in [5.74, 6) is -0.535. The van der Waals surface area contributed by atoms with E-state index in [1.54, 1.807) is 11.9 Å². The van der Waals surface area contributed by atoms with Gasteiger partial charge in [0.25, 0.3) is 5.91 Å². The van der Waals surface area contributed by atoms with Crippen LogP contribution in [0.2, 0.25) is 0 Å². The van der Waals surface area contributed by atoms with Crippen molar-refractivity contribution in [2.45, 2.75) is 43.7 Å². The Hall–Kier alpha value is -3.15. The number of imide groups is 1. The van der Waals surface area contributed by atoms with Crippen molar-refractivity contribution in [3.8, 4) is 0 Å². The number of nitrogens with one attached hydrogen (secondary N) is 1. The highest BCUT2D eigenvalue weighted by atomic mass is 16.2. The number of urea groups is 1. The van der Waals surface area contributed by atoms with Gasteiger partial charge in [-0.25, -0.2) is 4.79 Å². The molecule has 2 aliphatic carbocycles. The van der Waals surface area contributed by atoms with Crippen molar-refractivity contribution in [3.05, 3.63) is 70.8 Å². The summed E-state index contributed by atoms with van der Waals surface area (Å²) in [5, 5.41) is 2.89. The van der Waals surface area contributed by atoms with Crippen molar-refractivity contribution < 1.29 is 14.4 Å². The van der Waals surface area contributed by atoms with Crippen LogP contribution in [0.3, 0.4) is 0 Å². The van der Waals surface area contributed by atoms with Crippen molar-refractivity contribution >= 4 is 17.8 Å². The molecule has 6 heteroatoms. The number of carbonyl (C=O) groups excluding carboxylic acids is 3. The number of carbonyl (C=O) groups is 3. The fraction of sp³-hybridized carbons (Fsp3) is 0.375. The molecular weight excluding hydrogens is 378 g/mol. The molecule has 2 aromatic rings. The van der Waals surface area contributed by atoms with Crippen LogP contribution in [-0.2, 0) is 28.0 Å². The molecule has 0 radical (unpaired) electrons. The van der Waals surface area contributed by atoms with Gasteiger partial charge >= 0.3 is 6.03 Å². The molecular formula is C24H25N3O3. The Kier molecular flexibility index (Phi) is 4.38. The van der Waals surface area contributed by atoms with Gasteiger partial charge in [0.05, 0.1) is 6.04 Å². The molecule has 0 aromatic heterocycles. The number of fused-ring (bicyclic) bond motifs is 3. The van der Waals surface area contributed by atoms with Crippen LogP contribution in [0.15, 0.2) is 48.5 Å². The van der Waals surface area contributed by atoms with Crippen LogP contribution >= 0.6 is 0 Å². The first-order valence-corrected chi connectivity index (χ1v) is 10.6. The standard InChI is InChI=1S/C24H25N3O3/c1-26(20-12-6-9-16-7-2-4-10-18(16)20)21(28)15-27-22(29)24(25-23(27)30)14-13-17-8-3-5-11-19(17)24/h2-5,7-8,10-11,20H,6,9,12-15H2,1H3,(H,25,30)/t20-,24-/m1/s1. The van der Waals surface area contributed by atoms with Gasteiger partial charge in [-0.15, -0.1) is 0 Å². The summed E-state index contributed by atoms with van der Waals surface area (Å²) in [4.78, 5) is 41.9. The molecule has 6 nitrogen and oxygen atoms in total. The van der Waals surface area contributed by atoms with Crippen LogP contribution in [0.25, 0.3) is 0 Å². The molecule has 1 spiro atoms. The predicted octanol–water partition coefficient (Wildman–Crippen LogP) is 2.92. The Morgan fingerprint density at radius 3 is 2.67 bits per heavy atom. The van der Waals surface area contributed by atoms with Gasteiger partial charge in [0.2, 0.25) is 5.91 Å². The molecule has 2 atom stereocenters. The summed E-state index contributed by atoms with van der Waals surface area (Å²) < 4.78 is 0. The van der Waals surface area contributed by atoms with Gasteiger partial charge in [0.1, 0.15) is 12.1 Å². The Morgan fingerprint density at radius 2 is 1.83 bits per heavy atom. The number of nitrogens with zero attached hydrogens (tertiary/aromatic N) is 2. The van der Waals surface area contributed by atoms with Gasteiger partial charge in [-0.05, 0) is 54.4 Å². The molecule has 1 saturated heterocycles. The molecule has 5 rings (SSSR count). The number of likely N-dealkylation sites (N-methyl/N-ethyl adjacent to an activating group) is 1. The van der Waals surface area contributed by atoms with E-state index in [0.717, 1.165) is 47.3 Å². The van der Waals surface area contributed by atoms with Crippen LogP contribution in [0.4, 0.5) is 4.79 Å². The SMILES string of the molecule is CN(C(=O)CN1C(=O)N[C@@]2(CCc3ccccc32)C1=O)[C@@H]1CCCc2ccccc21. The normalized spacial score (nSPS) is 24.6. The van der Waals surface area contributed by atoms with Crippen molar-refractivity contribution in [2.75, 3.05) is 13.6 Å². The zero-order chi connectivity index (χ0) is 20.9. The van der Waals surface area contributed by atoms with E-state index in [4.69, 9.17) is 0 Å². The first-order valence-electron chi connectivity index (χ1n) is 10.6. The van der Waals surface area contributed by atoms with Gasteiger partial charge in [0.15, 0.2) is 0 Å². The van der Waals surface area contributed by atoms with Gasteiger partial charge in [-0.1, -0.05) is 48.5 Å². The van der Waals surface area contributed by atoms with Gasteiger partial charge in [-0.3, -0.25) is 14.5 Å². The molecule has 2 aromatic carbocycles. The maximum Gasteiger partial charge on any atom is 0.325 e. The Balaban J connectivity index is 1.36. The summed E-state index contributed by atoms with van der Waals surface area (Å²) in [6.07, 6.45) is 4.19. The number of aryl methyl sites for hydroxylation is 2. The highest BCUT2D eigenvalue weighted by Crippen LogP contribution is 2.41. The number of amides is 4. The van der Waals surface area contributed by atoms with Crippen molar-refractivity contribution in [1.29, 1.82) is 0 Å². The lowest BCUT2D eigenvalue weighted by molar-refractivity contribution is -0.139. The van der Waals surface area contributed by atoms with E-state index in [2.05, 4.69) is 17.4 Å². The smallest absolute Gasteiger partial charge is 0.325 e. The molecule has 1 N–H and O–H groups in total. The quantitative estimate of drug-likeness (QED) is 0.801. The number of benzene rings is 2. The summed E-state index contributed by atoms with van der Waals surface area (Å²) >= 11 is 0. The van der Waals surface area contributed by atoms with Crippen LogP contribution in [0, 0.1) is 0 Å². The largest absolute Gasteiger partial charge is 0.337 e. The van der Waals surface area contributed by atoms with Crippen LogP contribution in [0.1, 0.15) is 47.6 Å². The van der Waals surface area contributed by atoms with E-state index in [0.29, 0.717) is 6.42 Å². The van der Waals surface area contributed by atoms with Crippen molar-refractivity contribution in [1.82, 2.24) is 15.1 Å². The number of hydrogen-bond donors (Lipinski definition) is 1. The zero-order valence-corrected chi connectivity index (χ0v) is 17.1. The lowest BCUT2D eigenvalue weighted by Gasteiger charge is -2.34. The molecule has 154 valence electrons. The highest BCUT2D eigenvalue weighted by Gasteiger charge is 2.55. The van der Waals surface area contributed by atoms with E-state index < -0.39 is 11.6 Å². The number of hydrogen-bond acceptors (Lipinski definition) is 3. The second-order valence-electron chi connectivity index (χ2n) is 8.50. The molecule has 4 amide bonds. The lowest BCUT2D eigenvalue weighted by Crippen LogP contribution is -2.45. The fourth-order valence-electron chi connectivity index (χ4n) is 5.28. The van der Waals surface area contributed by atoms with Crippen LogP contribution < -0.4 is 5.32 Å². The first-order chi connectivity index (χ1) is 14.5. The van der Waals surface area contributed by atoms with Crippen LogP contribution in [-0.4, -0.2) is 41.2 Å². The Labute approximate surface area is 175 Å². The maximum atomic E-state index is 13.3. The summed E-state index contributed by atoms with van der Waals surface area (Å²) in [7, 11) is 1.77. The van der Waals surface area contributed by atoms with Crippen LogP contribution in [0.5, 0.6) is 0 Å². The summed E-state index contributed by atoms with van der Waals surface area (Å²) in [6.45, 7) is -0.232. The van der Waals surface area contributed by atoms with E-state index in [9.17, 15) is 14.4 Å². The minimum Gasteiger partial charge on any atom is -0.337 e. The topological polar surface area (TPSA) is 69.7 Å². The Morgan fingerprint density at radius 1 is 1.10 bits per heavy atom. The average molecular weight is 403 g/mol. The minimum absolute atomic E-state index is 0.0237. The molecule has 0 bridgehead atoms. The Bertz CT molecular complexity index is 1050. The van der Waals surface area contributed by atoms with Gasteiger partial charge in [0, 0.05) is 7.05 Å². The molecule has 1 heterocycles. The van der Waals surface area contributed by atoms with Crippen molar-refractivity contribution in [2.24, 2.45) is 0 Å². The van der Waals surface area contributed by atoms with Crippen molar-refractivity contribution in [3.63, 3.8) is 0 Å². The fourth-order valence-corrected chi connectivity index (χ4v) is 5.28. The summed E-state index contributed by atoms with van der Waals surface area (Å²) in [5.41, 5.74) is 3.34. The third-order valence-electron chi connectivity index (χ3n) is 6.91. The molecule has 3 aliphatic rings. The molecule has 0 saturated carbocycles. The van der Waals surface area contributed by atoms with Gasteiger partial charge < -0.3 is 10.2 Å². The predicted molar refractivity (Wildman–Crippen MR) is 112 cm³/mol. The average Bonchev–Trinajstić information content (AvgIpc) is 3.26. The molecule has 0 unspecified atom stereocenters. The molecule has 1 fully saturated rings. The van der Waals surface area contributed by atoms with E-state index in [1.807, 2.05) is 36.4 Å². The monoisotopic (exact) mass is 403 g/mol. The summed E-state index contributed by atoms with van der Waals surface area (Å²) in [6, 6.07) is 15.4. The third kappa shape index (κ3) is 2.74. The van der Waals surface area contributed by atoms with E-state index in [-0.39, 0.29) is 24.4 Å². The van der Waals surface area contributed by atoms with Gasteiger partial charge in [-0.2, -0.15) is 0 Å². The maximum absolute atomic E-state index is 13.3. The molecule has 30 heavy (non-hydrogen) atoms. The van der Waals surface area contributed by atoms with E-state index in [1.165, 1.54) is 5.56 Å². The second kappa shape index (κ2) is 6.97. The molecule has 1 aliphatic heterocycles. The second-order valence-corrected chi connectivity index (χ2v) is 8.50. The lowest BCUT2D eigenvalue weighted by atomic mass is 9.87. The minimum atomic E-state index is -1.02. The van der Waals surface area contributed by atoms with E-state index >= 15 is 0 Å². The zero-order valence-electron chi connectivity index (χ0n) is 17.1. The third-order valence-corrected chi connectivity index (χ3v) is 6.91. The first kappa shape index (κ1) is 18.9. The number of rotatable bonds is 3. The highest BCUT2D eigenvalue weighted by molar-refractivity contribution is 6.09.